The fraction of sp³-hybridized carbons (Fsp3) is 0.700. The Morgan fingerprint density at radius 1 is 1.19 bits per heavy atom. The first-order valence-corrected chi connectivity index (χ1v) is 9.11. The molecular weight excluding hydrogens is 254 g/mol. The van der Waals surface area contributed by atoms with Crippen molar-refractivity contribution < 1.29 is 0 Å². The van der Waals surface area contributed by atoms with Gasteiger partial charge >= 0.3 is 0 Å². The number of fused-ring (bicyclic) bond motifs is 1. The predicted octanol–water partition coefficient (Wildman–Crippen LogP) is 5.30. The maximum absolute atomic E-state index is 3.81. The summed E-state index contributed by atoms with van der Waals surface area (Å²) in [6, 6.07) is 9.77. The van der Waals surface area contributed by atoms with Crippen LogP contribution in [0.5, 0.6) is 0 Å². The lowest BCUT2D eigenvalue weighted by Crippen LogP contribution is -2.36. The molecule has 21 heavy (non-hydrogen) atoms. The highest BCUT2D eigenvalue weighted by Gasteiger charge is 2.30. The third-order valence-electron chi connectivity index (χ3n) is 5.26. The van der Waals surface area contributed by atoms with E-state index in [1.807, 2.05) is 0 Å². The summed E-state index contributed by atoms with van der Waals surface area (Å²) in [5, 5.41) is 3.81. The molecule has 3 atom stereocenters. The zero-order chi connectivity index (χ0) is 15.1. The third-order valence-corrected chi connectivity index (χ3v) is 5.26. The van der Waals surface area contributed by atoms with Crippen molar-refractivity contribution in [1.82, 2.24) is 5.32 Å². The lowest BCUT2D eigenvalue weighted by atomic mass is 9.84. The van der Waals surface area contributed by atoms with Gasteiger partial charge in [0, 0.05) is 6.04 Å². The summed E-state index contributed by atoms with van der Waals surface area (Å²) in [7, 11) is 0. The summed E-state index contributed by atoms with van der Waals surface area (Å²) in [5.41, 5.74) is 3.21. The molecule has 0 saturated carbocycles. The molecule has 1 aliphatic carbocycles. The zero-order valence-electron chi connectivity index (χ0n) is 14.2. The van der Waals surface area contributed by atoms with Gasteiger partial charge in [0.05, 0.1) is 0 Å². The molecule has 118 valence electrons. The molecule has 0 saturated heterocycles. The lowest BCUT2D eigenvalue weighted by Gasteiger charge is -2.29. The molecule has 0 aromatic heterocycles. The lowest BCUT2D eigenvalue weighted by molar-refractivity contribution is 0.318. The Labute approximate surface area is 131 Å². The minimum absolute atomic E-state index is 0.667. The molecule has 0 fully saturated rings. The van der Waals surface area contributed by atoms with Crippen LogP contribution >= 0.6 is 0 Å². The molecule has 1 heteroatoms. The molecule has 3 unspecified atom stereocenters. The monoisotopic (exact) mass is 287 g/mol. The largest absolute Gasteiger partial charge is 0.314 e. The molecule has 0 heterocycles. The Morgan fingerprint density at radius 3 is 2.71 bits per heavy atom. The minimum atomic E-state index is 0.667. The number of hydrogen-bond donors (Lipinski definition) is 1. The van der Waals surface area contributed by atoms with Crippen molar-refractivity contribution in [3.8, 4) is 0 Å². The van der Waals surface area contributed by atoms with E-state index in [0.717, 1.165) is 18.4 Å². The number of rotatable bonds is 9. The molecule has 0 radical (unpaired) electrons. The molecule has 1 nitrogen and oxygen atoms in total. The van der Waals surface area contributed by atoms with Crippen LogP contribution < -0.4 is 5.32 Å². The first-order chi connectivity index (χ1) is 10.3. The summed E-state index contributed by atoms with van der Waals surface area (Å²) in [5.74, 6) is 1.62. The van der Waals surface area contributed by atoms with Crippen LogP contribution in [-0.4, -0.2) is 12.6 Å². The topological polar surface area (TPSA) is 12.0 Å². The van der Waals surface area contributed by atoms with Gasteiger partial charge in [0.1, 0.15) is 0 Å². The highest BCUT2D eigenvalue weighted by molar-refractivity contribution is 5.36. The summed E-state index contributed by atoms with van der Waals surface area (Å²) >= 11 is 0. The second-order valence-corrected chi connectivity index (χ2v) is 6.66. The molecule has 2 rings (SSSR count). The number of aryl methyl sites for hydroxylation is 1. The fourth-order valence-corrected chi connectivity index (χ4v) is 4.00. The van der Waals surface area contributed by atoms with Gasteiger partial charge in [-0.2, -0.15) is 0 Å². The molecule has 1 aromatic carbocycles. The van der Waals surface area contributed by atoms with Gasteiger partial charge in [-0.3, -0.25) is 0 Å². The third kappa shape index (κ3) is 4.32. The molecule has 0 bridgehead atoms. The van der Waals surface area contributed by atoms with Gasteiger partial charge in [-0.25, -0.2) is 0 Å². The summed E-state index contributed by atoms with van der Waals surface area (Å²) in [6.07, 6.45) is 9.41. The number of benzene rings is 1. The quantitative estimate of drug-likeness (QED) is 0.650. The molecular formula is C20H33N. The molecule has 1 aromatic rings. The van der Waals surface area contributed by atoms with Gasteiger partial charge in [-0.1, -0.05) is 70.7 Å². The van der Waals surface area contributed by atoms with E-state index in [1.54, 1.807) is 11.1 Å². The Balaban J connectivity index is 2.05. The number of hydrogen-bond acceptors (Lipinski definition) is 1. The van der Waals surface area contributed by atoms with E-state index in [4.69, 9.17) is 0 Å². The maximum atomic E-state index is 3.81. The van der Waals surface area contributed by atoms with E-state index in [2.05, 4.69) is 50.4 Å². The van der Waals surface area contributed by atoms with Crippen molar-refractivity contribution in [3.05, 3.63) is 35.4 Å². The van der Waals surface area contributed by atoms with Crippen LogP contribution in [0, 0.1) is 5.92 Å². The van der Waals surface area contributed by atoms with E-state index in [1.165, 1.54) is 44.9 Å². The second kappa shape index (κ2) is 8.58. The molecule has 1 N–H and O–H groups in total. The number of nitrogens with one attached hydrogen (secondary N) is 1. The van der Waals surface area contributed by atoms with Crippen molar-refractivity contribution in [2.24, 2.45) is 5.92 Å². The minimum Gasteiger partial charge on any atom is -0.314 e. The number of unbranched alkanes of at least 4 members (excludes halogenated alkanes) is 1. The summed E-state index contributed by atoms with van der Waals surface area (Å²) in [4.78, 5) is 0. The van der Waals surface area contributed by atoms with Gasteiger partial charge in [-0.05, 0) is 48.8 Å². The van der Waals surface area contributed by atoms with Gasteiger partial charge in [0.25, 0.3) is 0 Å². The first-order valence-electron chi connectivity index (χ1n) is 9.11. The smallest absolute Gasteiger partial charge is 0.0138 e. The van der Waals surface area contributed by atoms with E-state index in [-0.39, 0.29) is 0 Å². The van der Waals surface area contributed by atoms with Gasteiger partial charge in [0.2, 0.25) is 0 Å². The second-order valence-electron chi connectivity index (χ2n) is 6.66. The van der Waals surface area contributed by atoms with Crippen LogP contribution in [0.4, 0.5) is 0 Å². The van der Waals surface area contributed by atoms with Crippen molar-refractivity contribution >= 4 is 0 Å². The Hall–Kier alpha value is -0.820. The van der Waals surface area contributed by atoms with Crippen LogP contribution in [0.3, 0.4) is 0 Å². The highest BCUT2D eigenvalue weighted by Crippen LogP contribution is 2.38. The molecule has 0 aliphatic heterocycles. The van der Waals surface area contributed by atoms with Crippen LogP contribution in [0.25, 0.3) is 0 Å². The van der Waals surface area contributed by atoms with Crippen molar-refractivity contribution in [2.45, 2.75) is 77.7 Å². The average Bonchev–Trinajstić information content (AvgIpc) is 2.94. The summed E-state index contributed by atoms with van der Waals surface area (Å²) in [6.45, 7) is 8.02. The fourth-order valence-electron chi connectivity index (χ4n) is 4.00. The van der Waals surface area contributed by atoms with Gasteiger partial charge in [-0.15, -0.1) is 0 Å². The van der Waals surface area contributed by atoms with Crippen LogP contribution in [0.2, 0.25) is 0 Å². The van der Waals surface area contributed by atoms with Crippen molar-refractivity contribution in [3.63, 3.8) is 0 Å². The molecule has 0 amide bonds. The normalized spacial score (nSPS) is 20.2. The Bertz CT molecular complexity index is 412. The van der Waals surface area contributed by atoms with Crippen molar-refractivity contribution in [2.75, 3.05) is 6.54 Å². The average molecular weight is 287 g/mol. The van der Waals surface area contributed by atoms with Crippen LogP contribution in [0.15, 0.2) is 24.3 Å². The Kier molecular flexibility index (Phi) is 6.76. The van der Waals surface area contributed by atoms with Crippen LogP contribution in [0.1, 0.15) is 76.3 Å². The standard InChI is InChI=1S/C20H33N/c1-4-7-10-16(5-2)15-20(21-6-3)19-14-13-17-11-8-9-12-18(17)19/h8-9,11-12,16,19-21H,4-7,10,13-15H2,1-3H3. The van der Waals surface area contributed by atoms with Crippen molar-refractivity contribution in [1.29, 1.82) is 0 Å². The molecule has 1 aliphatic rings. The summed E-state index contributed by atoms with van der Waals surface area (Å²) < 4.78 is 0. The van der Waals surface area contributed by atoms with E-state index in [0.29, 0.717) is 6.04 Å². The van der Waals surface area contributed by atoms with E-state index >= 15 is 0 Å². The van der Waals surface area contributed by atoms with Gasteiger partial charge in [0.15, 0.2) is 0 Å². The SMILES string of the molecule is CCCCC(CC)CC(NCC)C1CCc2ccccc21. The number of likely N-dealkylation sites (N-methyl/N-ethyl adjacent to an activating group) is 1. The van der Waals surface area contributed by atoms with E-state index < -0.39 is 0 Å². The van der Waals surface area contributed by atoms with E-state index in [9.17, 15) is 0 Å². The zero-order valence-corrected chi connectivity index (χ0v) is 14.2. The van der Waals surface area contributed by atoms with Crippen LogP contribution in [-0.2, 0) is 6.42 Å². The Morgan fingerprint density at radius 2 is 2.00 bits per heavy atom. The molecule has 0 spiro atoms. The maximum Gasteiger partial charge on any atom is 0.0138 e. The predicted molar refractivity (Wildman–Crippen MR) is 92.9 cm³/mol. The highest BCUT2D eigenvalue weighted by atomic mass is 14.9. The van der Waals surface area contributed by atoms with Gasteiger partial charge < -0.3 is 5.32 Å². The first kappa shape index (κ1) is 16.5.